The van der Waals surface area contributed by atoms with Gasteiger partial charge in [-0.2, -0.15) is 0 Å². The Morgan fingerprint density at radius 3 is 2.75 bits per heavy atom. The zero-order valence-electron chi connectivity index (χ0n) is 13.3. The van der Waals surface area contributed by atoms with Gasteiger partial charge in [0.05, 0.1) is 12.8 Å². The van der Waals surface area contributed by atoms with Gasteiger partial charge in [0.25, 0.3) is 0 Å². The van der Waals surface area contributed by atoms with Crippen molar-refractivity contribution in [3.05, 3.63) is 59.6 Å². The summed E-state index contributed by atoms with van der Waals surface area (Å²) in [6.07, 6.45) is 1.61. The number of nitrogens with one attached hydrogen (secondary N) is 2. The van der Waals surface area contributed by atoms with E-state index in [0.717, 1.165) is 12.1 Å². The number of aryl methyl sites for hydroxylation is 1. The molecule has 2 aromatic rings. The Morgan fingerprint density at radius 1 is 1.29 bits per heavy atom. The number of carbonyl (C=O) groups excluding carboxylic acids is 1. The van der Waals surface area contributed by atoms with Crippen LogP contribution in [0.4, 0.5) is 13.6 Å². The summed E-state index contributed by atoms with van der Waals surface area (Å²) in [4.78, 5) is 11.8. The van der Waals surface area contributed by atoms with E-state index < -0.39 is 23.8 Å². The van der Waals surface area contributed by atoms with E-state index in [1.807, 2.05) is 6.92 Å². The Hall–Kier alpha value is -2.41. The van der Waals surface area contributed by atoms with Gasteiger partial charge in [0, 0.05) is 6.04 Å². The second kappa shape index (κ2) is 8.44. The first-order valence-corrected chi connectivity index (χ1v) is 7.65. The second-order valence-electron chi connectivity index (χ2n) is 5.57. The molecule has 24 heavy (non-hydrogen) atoms. The highest BCUT2D eigenvalue weighted by molar-refractivity contribution is 5.74. The first-order valence-electron chi connectivity index (χ1n) is 7.65. The maximum absolute atomic E-state index is 13.1. The minimum Gasteiger partial charge on any atom is -0.467 e. The highest BCUT2D eigenvalue weighted by Crippen LogP contribution is 2.12. The van der Waals surface area contributed by atoms with Crippen molar-refractivity contribution in [3.8, 4) is 0 Å². The Morgan fingerprint density at radius 2 is 2.08 bits per heavy atom. The topological polar surface area (TPSA) is 74.5 Å². The maximum atomic E-state index is 13.1. The molecule has 0 aliphatic carbocycles. The summed E-state index contributed by atoms with van der Waals surface area (Å²) < 4.78 is 31.0. The molecule has 5 nitrogen and oxygen atoms in total. The Labute approximate surface area is 138 Å². The summed E-state index contributed by atoms with van der Waals surface area (Å²) in [5, 5.41) is 15.1. The highest BCUT2D eigenvalue weighted by atomic mass is 19.2. The molecule has 1 aromatic heterocycles. The molecule has 0 aliphatic heterocycles. The number of carbonyl (C=O) groups is 1. The van der Waals surface area contributed by atoms with Gasteiger partial charge in [-0.25, -0.2) is 13.6 Å². The fourth-order valence-electron chi connectivity index (χ4n) is 2.20. The third-order valence-corrected chi connectivity index (χ3v) is 3.56. The lowest BCUT2D eigenvalue weighted by Gasteiger charge is -2.16. The average Bonchev–Trinajstić information content (AvgIpc) is 3.08. The van der Waals surface area contributed by atoms with Gasteiger partial charge >= 0.3 is 6.03 Å². The van der Waals surface area contributed by atoms with Gasteiger partial charge in [-0.1, -0.05) is 6.07 Å². The van der Waals surface area contributed by atoms with Crippen molar-refractivity contribution in [1.82, 2.24) is 10.6 Å². The number of rotatable bonds is 7. The first kappa shape index (κ1) is 17.9. The molecule has 7 heteroatoms. The fraction of sp³-hybridized carbons (Fsp3) is 0.353. The molecule has 0 spiro atoms. The summed E-state index contributed by atoms with van der Waals surface area (Å²) in [5.41, 5.74) is 0.663. The first-order chi connectivity index (χ1) is 11.5. The van der Waals surface area contributed by atoms with Gasteiger partial charge in [-0.15, -0.1) is 0 Å². The number of aliphatic hydroxyl groups excluding tert-OH is 1. The van der Waals surface area contributed by atoms with Crippen LogP contribution in [0.15, 0.2) is 41.0 Å². The number of aliphatic hydroxyl groups is 1. The molecule has 0 radical (unpaired) electrons. The van der Waals surface area contributed by atoms with Crippen molar-refractivity contribution >= 4 is 6.03 Å². The molecule has 1 heterocycles. The molecule has 1 aromatic carbocycles. The zero-order chi connectivity index (χ0) is 17.5. The van der Waals surface area contributed by atoms with Crippen LogP contribution in [0.1, 0.15) is 30.8 Å². The number of benzene rings is 1. The van der Waals surface area contributed by atoms with Gasteiger partial charge in [-0.05, 0) is 49.6 Å². The van der Waals surface area contributed by atoms with Crippen LogP contribution in [0.5, 0.6) is 0 Å². The molecule has 130 valence electrons. The Kier molecular flexibility index (Phi) is 6.31. The normalized spacial score (nSPS) is 13.3. The summed E-state index contributed by atoms with van der Waals surface area (Å²) in [7, 11) is 0. The number of hydrogen-bond acceptors (Lipinski definition) is 3. The van der Waals surface area contributed by atoms with Gasteiger partial charge in [0.15, 0.2) is 11.6 Å². The molecule has 0 bridgehead atoms. The van der Waals surface area contributed by atoms with Crippen molar-refractivity contribution in [1.29, 1.82) is 0 Å². The Bertz CT molecular complexity index is 662. The SMILES string of the molecule is CC(CCc1ccc(F)c(F)c1)NC(=O)NCC(O)c1ccco1. The second-order valence-corrected chi connectivity index (χ2v) is 5.57. The number of amides is 2. The monoisotopic (exact) mass is 338 g/mol. The number of hydrogen-bond donors (Lipinski definition) is 3. The molecule has 0 saturated carbocycles. The van der Waals surface area contributed by atoms with Crippen molar-refractivity contribution in [2.45, 2.75) is 31.9 Å². The molecule has 2 atom stereocenters. The van der Waals surface area contributed by atoms with Crippen LogP contribution in [-0.2, 0) is 6.42 Å². The third-order valence-electron chi connectivity index (χ3n) is 3.56. The van der Waals surface area contributed by atoms with E-state index >= 15 is 0 Å². The lowest BCUT2D eigenvalue weighted by molar-refractivity contribution is 0.147. The van der Waals surface area contributed by atoms with Crippen LogP contribution in [0.25, 0.3) is 0 Å². The quantitative estimate of drug-likeness (QED) is 0.727. The molecule has 0 aliphatic rings. The summed E-state index contributed by atoms with van der Waals surface area (Å²) >= 11 is 0. The minimum absolute atomic E-state index is 0.0231. The summed E-state index contributed by atoms with van der Waals surface area (Å²) in [6, 6.07) is 6.45. The largest absolute Gasteiger partial charge is 0.467 e. The van der Waals surface area contributed by atoms with E-state index in [-0.39, 0.29) is 12.6 Å². The van der Waals surface area contributed by atoms with E-state index in [1.54, 1.807) is 12.1 Å². The van der Waals surface area contributed by atoms with Gasteiger partial charge in [0.1, 0.15) is 11.9 Å². The van der Waals surface area contributed by atoms with Crippen molar-refractivity contribution in [2.75, 3.05) is 6.54 Å². The van der Waals surface area contributed by atoms with Gasteiger partial charge in [-0.3, -0.25) is 0 Å². The number of halogens is 2. The standard InChI is InChI=1S/C17H20F2N2O3/c1-11(4-5-12-6-7-13(18)14(19)9-12)21-17(23)20-10-15(22)16-3-2-8-24-16/h2-3,6-9,11,15,22H,4-5,10H2,1H3,(H2,20,21,23). The molecule has 2 unspecified atom stereocenters. The fourth-order valence-corrected chi connectivity index (χ4v) is 2.20. The molecular weight excluding hydrogens is 318 g/mol. The summed E-state index contributed by atoms with van der Waals surface area (Å²) in [5.74, 6) is -1.38. The maximum Gasteiger partial charge on any atom is 0.315 e. The van der Waals surface area contributed by atoms with E-state index in [2.05, 4.69) is 10.6 Å². The number of urea groups is 1. The van der Waals surface area contributed by atoms with Crippen molar-refractivity contribution in [2.24, 2.45) is 0 Å². The van der Waals surface area contributed by atoms with Crippen LogP contribution in [0.2, 0.25) is 0 Å². The number of furan rings is 1. The lowest BCUT2D eigenvalue weighted by Crippen LogP contribution is -2.42. The van der Waals surface area contributed by atoms with E-state index in [4.69, 9.17) is 4.42 Å². The molecule has 0 fully saturated rings. The van der Waals surface area contributed by atoms with Crippen molar-refractivity contribution in [3.63, 3.8) is 0 Å². The van der Waals surface area contributed by atoms with Crippen molar-refractivity contribution < 1.29 is 23.1 Å². The van der Waals surface area contributed by atoms with Crippen LogP contribution < -0.4 is 10.6 Å². The third kappa shape index (κ3) is 5.34. The Balaban J connectivity index is 1.70. The molecule has 2 amide bonds. The van der Waals surface area contributed by atoms with E-state index in [0.29, 0.717) is 24.2 Å². The summed E-state index contributed by atoms with van der Waals surface area (Å²) in [6.45, 7) is 1.83. The predicted molar refractivity (Wildman–Crippen MR) is 84.3 cm³/mol. The van der Waals surface area contributed by atoms with Crippen LogP contribution in [0.3, 0.4) is 0 Å². The highest BCUT2D eigenvalue weighted by Gasteiger charge is 2.13. The van der Waals surface area contributed by atoms with Gasteiger partial charge < -0.3 is 20.2 Å². The lowest BCUT2D eigenvalue weighted by atomic mass is 10.1. The zero-order valence-corrected chi connectivity index (χ0v) is 13.3. The van der Waals surface area contributed by atoms with E-state index in [9.17, 15) is 18.7 Å². The molecule has 3 N–H and O–H groups in total. The smallest absolute Gasteiger partial charge is 0.315 e. The molecule has 2 rings (SSSR count). The van der Waals surface area contributed by atoms with E-state index in [1.165, 1.54) is 12.3 Å². The van der Waals surface area contributed by atoms with Crippen LogP contribution >= 0.6 is 0 Å². The minimum atomic E-state index is -0.914. The van der Waals surface area contributed by atoms with Crippen LogP contribution in [0, 0.1) is 11.6 Å². The molecule has 0 saturated heterocycles. The average molecular weight is 338 g/mol. The predicted octanol–water partition coefficient (Wildman–Crippen LogP) is 2.91. The molecular formula is C17H20F2N2O3. The van der Waals surface area contributed by atoms with Crippen LogP contribution in [-0.4, -0.2) is 23.7 Å². The van der Waals surface area contributed by atoms with Gasteiger partial charge in [0.2, 0.25) is 0 Å².